The van der Waals surface area contributed by atoms with E-state index in [4.69, 9.17) is 21.3 Å². The van der Waals surface area contributed by atoms with Gasteiger partial charge in [-0.2, -0.15) is 11.8 Å². The Bertz CT molecular complexity index is 1550. The Morgan fingerprint density at radius 3 is 2.65 bits per heavy atom. The maximum absolute atomic E-state index is 14.0. The number of hydrogen-bond donors (Lipinski definition) is 2. The summed E-state index contributed by atoms with van der Waals surface area (Å²) in [7, 11) is -1.32. The normalized spacial score (nSPS) is 36.2. The van der Waals surface area contributed by atoms with Gasteiger partial charge in [0.05, 0.1) is 37.1 Å². The van der Waals surface area contributed by atoms with E-state index in [0.29, 0.717) is 30.5 Å². The summed E-state index contributed by atoms with van der Waals surface area (Å²) in [5.41, 5.74) is 2.36. The lowest BCUT2D eigenvalue weighted by molar-refractivity contribution is -0.123. The highest BCUT2D eigenvalue weighted by Gasteiger charge is 2.56. The topological polar surface area (TPSA) is 123 Å². The number of nitrogens with one attached hydrogen (secondary N) is 2. The molecule has 2 aliphatic heterocycles. The molecule has 268 valence electrons. The van der Waals surface area contributed by atoms with Crippen LogP contribution in [0.2, 0.25) is 0 Å². The van der Waals surface area contributed by atoms with Crippen molar-refractivity contribution in [1.29, 1.82) is 0 Å². The molecule has 48 heavy (non-hydrogen) atoms. The summed E-state index contributed by atoms with van der Waals surface area (Å²) in [6.07, 6.45) is 14.0. The molecule has 10 nitrogen and oxygen atoms in total. The van der Waals surface area contributed by atoms with Crippen LogP contribution in [0, 0.1) is 30.6 Å². The van der Waals surface area contributed by atoms with Crippen molar-refractivity contribution in [3.8, 4) is 0 Å². The molecule has 2 N–H and O–H groups in total. The van der Waals surface area contributed by atoms with Crippen LogP contribution in [-0.2, 0) is 38.9 Å². The fourth-order valence-electron chi connectivity index (χ4n) is 10.1. The van der Waals surface area contributed by atoms with Crippen LogP contribution in [0.4, 0.5) is 0 Å². The minimum atomic E-state index is -3.62. The van der Waals surface area contributed by atoms with Crippen molar-refractivity contribution in [1.82, 2.24) is 24.5 Å². The number of carbonyl (C=O) groups excluding carboxylic acids is 1. The number of carbonyl (C=O) groups is 1. The Balaban J connectivity index is 1.02. The smallest absolute Gasteiger partial charge is 0.257 e. The molecule has 2 saturated heterocycles. The van der Waals surface area contributed by atoms with Crippen LogP contribution in [0.5, 0.6) is 0 Å². The fourth-order valence-corrected chi connectivity index (χ4v) is 12.7. The number of piperidine rings is 1. The second kappa shape index (κ2) is 13.7. The molecule has 6 aliphatic rings. The summed E-state index contributed by atoms with van der Waals surface area (Å²) in [5.74, 6) is 1.86. The van der Waals surface area contributed by atoms with Gasteiger partial charge in [-0.05, 0) is 109 Å². The van der Waals surface area contributed by atoms with Crippen LogP contribution in [0.1, 0.15) is 88.2 Å². The van der Waals surface area contributed by atoms with Gasteiger partial charge in [0, 0.05) is 45.6 Å². The molecule has 1 aromatic heterocycles. The Morgan fingerprint density at radius 1 is 1.19 bits per heavy atom. The van der Waals surface area contributed by atoms with Crippen molar-refractivity contribution in [2.24, 2.45) is 23.7 Å². The van der Waals surface area contributed by atoms with E-state index in [-0.39, 0.29) is 46.2 Å². The summed E-state index contributed by atoms with van der Waals surface area (Å²) >= 11 is 8.57. The molecule has 5 fully saturated rings. The van der Waals surface area contributed by atoms with Gasteiger partial charge in [0.15, 0.2) is 0 Å². The minimum Gasteiger partial charge on any atom is -0.376 e. The van der Waals surface area contributed by atoms with Crippen molar-refractivity contribution in [2.75, 3.05) is 25.7 Å². The number of rotatable bonds is 10. The van der Waals surface area contributed by atoms with E-state index in [1.807, 2.05) is 11.5 Å². The molecule has 0 aromatic carbocycles. The number of alkyl halides is 1. The Labute approximate surface area is 295 Å². The third-order valence-corrected chi connectivity index (χ3v) is 15.5. The number of aromatic nitrogens is 2. The number of amides is 1. The predicted molar refractivity (Wildman–Crippen MR) is 190 cm³/mol. The molecular weight excluding hydrogens is 670 g/mol. The zero-order valence-corrected chi connectivity index (χ0v) is 31.3. The van der Waals surface area contributed by atoms with Crippen LogP contribution >= 0.6 is 23.4 Å². The van der Waals surface area contributed by atoms with E-state index in [1.54, 1.807) is 11.8 Å². The van der Waals surface area contributed by atoms with Gasteiger partial charge in [-0.15, -0.1) is 11.6 Å². The average Bonchev–Trinajstić information content (AvgIpc) is 3.67. The van der Waals surface area contributed by atoms with Crippen LogP contribution in [0.15, 0.2) is 4.79 Å². The molecule has 4 aliphatic carbocycles. The second-order valence-electron chi connectivity index (χ2n) is 15.9. The van der Waals surface area contributed by atoms with E-state index >= 15 is 0 Å². The molecule has 7 rings (SSSR count). The van der Waals surface area contributed by atoms with Crippen molar-refractivity contribution in [3.63, 3.8) is 0 Å². The highest BCUT2D eigenvalue weighted by Crippen LogP contribution is 2.55. The average molecular weight is 724 g/mol. The van der Waals surface area contributed by atoms with Crippen molar-refractivity contribution < 1.29 is 17.9 Å². The van der Waals surface area contributed by atoms with Gasteiger partial charge in [-0.1, -0.05) is 6.42 Å². The van der Waals surface area contributed by atoms with Crippen molar-refractivity contribution in [2.45, 2.75) is 138 Å². The molecule has 13 heteroatoms. The highest BCUT2D eigenvalue weighted by molar-refractivity contribution is 8.00. The van der Waals surface area contributed by atoms with E-state index in [0.717, 1.165) is 74.2 Å². The molecular formula is C35H54ClN5O5S2. The van der Waals surface area contributed by atoms with E-state index in [9.17, 15) is 18.0 Å². The van der Waals surface area contributed by atoms with Crippen LogP contribution in [-0.4, -0.2) is 94.8 Å². The third-order valence-electron chi connectivity index (χ3n) is 12.9. The lowest BCUT2D eigenvalue weighted by Crippen LogP contribution is -2.58. The molecule has 0 bridgehead atoms. The maximum Gasteiger partial charge on any atom is 0.257 e. The molecule has 1 amide bonds. The monoisotopic (exact) mass is 723 g/mol. The van der Waals surface area contributed by atoms with E-state index in [1.165, 1.54) is 32.1 Å². The first-order chi connectivity index (χ1) is 22.8. The molecule has 0 radical (unpaired) electrons. The first-order valence-electron chi connectivity index (χ1n) is 18.3. The van der Waals surface area contributed by atoms with Gasteiger partial charge < -0.3 is 10.1 Å². The summed E-state index contributed by atoms with van der Waals surface area (Å²) in [5, 5.41) is 3.88. The molecule has 3 saturated carbocycles. The predicted octanol–water partition coefficient (Wildman–Crippen LogP) is 3.64. The van der Waals surface area contributed by atoms with Crippen LogP contribution in [0.3, 0.4) is 0 Å². The largest absolute Gasteiger partial charge is 0.376 e. The molecule has 1 aromatic rings. The SMILES string of the molecule is Cc1nc2c(c(=O)n1CCOC1CCC(Cl)CC1C1CC(C)NC3C(C(=O)NS(C)(=O)=O)CSC13)C[C@H](N(C)C1(C3CCC3)CC1)CC2. The van der Waals surface area contributed by atoms with Crippen LogP contribution in [0.25, 0.3) is 0 Å². The number of aryl methyl sites for hydroxylation is 2. The van der Waals surface area contributed by atoms with Gasteiger partial charge in [0.25, 0.3) is 5.56 Å². The standard InChI is InChI=1S/C35H54ClN5O5S2/c1-20-16-26(32-31(37-20)28(19-47-32)33(42)39-48(4,44)45)25-17-23(36)8-11-30(25)46-15-14-41-21(2)38-29-10-9-24(18-27(29)34(41)43)40(3)35(12-13-35)22-6-5-7-22/h20,22-26,28,30-32,37H,5-19H2,1-4H3,(H,39,42)/t20?,23?,24-,25?,26?,28?,30?,31?,32?/m1/s1. The van der Waals surface area contributed by atoms with Crippen molar-refractivity contribution in [3.05, 3.63) is 27.4 Å². The third kappa shape index (κ3) is 6.88. The van der Waals surface area contributed by atoms with Gasteiger partial charge in [-0.3, -0.25) is 23.8 Å². The zero-order chi connectivity index (χ0) is 34.0. The first-order valence-corrected chi connectivity index (χ1v) is 21.7. The fraction of sp³-hybridized carbons (Fsp3) is 0.857. The summed E-state index contributed by atoms with van der Waals surface area (Å²) in [6, 6.07) is 0.487. The summed E-state index contributed by atoms with van der Waals surface area (Å²) in [6.45, 7) is 5.00. The quantitative estimate of drug-likeness (QED) is 0.349. The number of nitrogens with zero attached hydrogens (tertiary/aromatic N) is 3. The molecule has 0 spiro atoms. The summed E-state index contributed by atoms with van der Waals surface area (Å²) in [4.78, 5) is 34.5. The minimum absolute atomic E-state index is 0.0151. The Kier molecular flexibility index (Phi) is 10.1. The lowest BCUT2D eigenvalue weighted by Gasteiger charge is -2.47. The number of likely N-dealkylation sites (N-methyl/N-ethyl adjacent to an activating group) is 1. The molecule has 3 heterocycles. The van der Waals surface area contributed by atoms with Gasteiger partial charge in [-0.25, -0.2) is 13.4 Å². The Morgan fingerprint density at radius 2 is 1.96 bits per heavy atom. The maximum atomic E-state index is 14.0. The first kappa shape index (κ1) is 35.2. The van der Waals surface area contributed by atoms with E-state index < -0.39 is 21.8 Å². The number of halogens is 1. The number of thioether (sulfide) groups is 1. The number of sulfonamides is 1. The second-order valence-corrected chi connectivity index (χ2v) is 19.5. The van der Waals surface area contributed by atoms with Gasteiger partial charge in [0.2, 0.25) is 15.9 Å². The number of hydrogen-bond acceptors (Lipinski definition) is 9. The van der Waals surface area contributed by atoms with Gasteiger partial charge >= 0.3 is 0 Å². The Hall–Kier alpha value is -1.18. The van der Waals surface area contributed by atoms with Crippen LogP contribution < -0.4 is 15.6 Å². The molecule has 8 unspecified atom stereocenters. The number of ether oxygens (including phenoxy) is 1. The van der Waals surface area contributed by atoms with E-state index in [2.05, 4.69) is 28.9 Å². The van der Waals surface area contributed by atoms with Crippen molar-refractivity contribution >= 4 is 39.3 Å². The van der Waals surface area contributed by atoms with Gasteiger partial charge in [0.1, 0.15) is 5.82 Å². The zero-order valence-electron chi connectivity index (χ0n) is 29.0. The number of fused-ring (bicyclic) bond motifs is 2. The lowest BCUT2D eigenvalue weighted by atomic mass is 9.70. The molecule has 9 atom stereocenters. The summed E-state index contributed by atoms with van der Waals surface area (Å²) < 4.78 is 34.4. The highest BCUT2D eigenvalue weighted by atomic mass is 35.5.